The van der Waals surface area contributed by atoms with Crippen molar-refractivity contribution in [3.05, 3.63) is 0 Å². The minimum absolute atomic E-state index is 0.0250. The highest BCUT2D eigenvalue weighted by atomic mass is 16.5. The molecule has 0 radical (unpaired) electrons. The summed E-state index contributed by atoms with van der Waals surface area (Å²) in [5, 5.41) is 33.9. The molecule has 0 aromatic carbocycles. The molecule has 0 saturated heterocycles. The van der Waals surface area contributed by atoms with E-state index in [2.05, 4.69) is 34.6 Å². The summed E-state index contributed by atoms with van der Waals surface area (Å²) in [6.45, 7) is 19.8. The number of aliphatic hydroxyl groups is 3. The molecule has 4 aliphatic carbocycles. The van der Waals surface area contributed by atoms with Crippen molar-refractivity contribution in [3.63, 3.8) is 0 Å². The van der Waals surface area contributed by atoms with E-state index >= 15 is 0 Å². The molecule has 0 heterocycles. The summed E-state index contributed by atoms with van der Waals surface area (Å²) >= 11 is 0. The van der Waals surface area contributed by atoms with Crippen molar-refractivity contribution in [1.82, 2.24) is 0 Å². The maximum atomic E-state index is 12.5. The quantitative estimate of drug-likeness (QED) is 0.283. The lowest BCUT2D eigenvalue weighted by atomic mass is 9.35. The van der Waals surface area contributed by atoms with Crippen LogP contribution < -0.4 is 0 Å². The monoisotopic (exact) mass is 548 g/mol. The van der Waals surface area contributed by atoms with E-state index in [1.807, 2.05) is 27.7 Å². The van der Waals surface area contributed by atoms with Gasteiger partial charge in [0.05, 0.1) is 17.3 Å². The van der Waals surface area contributed by atoms with Crippen LogP contribution in [0.15, 0.2) is 0 Å². The van der Waals surface area contributed by atoms with E-state index < -0.39 is 17.3 Å². The summed E-state index contributed by atoms with van der Waals surface area (Å²) in [5.41, 5.74) is -1.50. The van der Waals surface area contributed by atoms with Crippen molar-refractivity contribution in [2.75, 3.05) is 0 Å². The van der Waals surface area contributed by atoms with Crippen LogP contribution in [0.2, 0.25) is 0 Å². The Labute approximate surface area is 238 Å². The summed E-state index contributed by atoms with van der Waals surface area (Å²) in [6.07, 6.45) is 9.97. The standard InChI is InChI=1S/C34H60O5/c1-10-12-27(36)39-26-15-18-31(6)24(30(26,4)5)14-20-32(7)25(31)21-23(35)28-22(13-19-33(28,32)8)34(9,38)17-11-16-29(2,3)37/h22-26,28,35,37-38H,10-21H2,1-9H3/t22-,23+,24-,25+,26-,28-,31-,32+,33+,34+/m0/s1. The van der Waals surface area contributed by atoms with E-state index in [4.69, 9.17) is 4.74 Å². The van der Waals surface area contributed by atoms with Crippen molar-refractivity contribution in [2.24, 2.45) is 45.3 Å². The fourth-order valence-electron chi connectivity index (χ4n) is 11.1. The van der Waals surface area contributed by atoms with Gasteiger partial charge < -0.3 is 20.1 Å². The summed E-state index contributed by atoms with van der Waals surface area (Å²) in [7, 11) is 0. The van der Waals surface area contributed by atoms with Crippen LogP contribution in [0, 0.1) is 45.3 Å². The molecule has 0 aromatic heterocycles. The third-order valence-electron chi connectivity index (χ3n) is 13.3. The Morgan fingerprint density at radius 3 is 2.15 bits per heavy atom. The molecule has 3 N–H and O–H groups in total. The number of carbonyl (C=O) groups is 1. The maximum Gasteiger partial charge on any atom is 0.306 e. The SMILES string of the molecule is CCCC(=O)O[C@H]1CC[C@]2(C)[C@H]3C[C@@H](O)[C@@H]4[C@@H]([C@](C)(O)CCCC(C)(C)O)CC[C@@]4(C)[C@]3(C)CC[C@H]2C1(C)C. The Balaban J connectivity index is 1.58. The summed E-state index contributed by atoms with van der Waals surface area (Å²) in [4.78, 5) is 12.5. The third-order valence-corrected chi connectivity index (χ3v) is 13.3. The highest BCUT2D eigenvalue weighted by Gasteiger charge is 2.71. The van der Waals surface area contributed by atoms with E-state index in [1.165, 1.54) is 0 Å². The van der Waals surface area contributed by atoms with E-state index in [-0.39, 0.29) is 45.6 Å². The Hall–Kier alpha value is -0.650. The molecule has 4 aliphatic rings. The lowest BCUT2D eigenvalue weighted by Gasteiger charge is -2.70. The molecule has 0 aromatic rings. The Morgan fingerprint density at radius 1 is 0.897 bits per heavy atom. The molecule has 4 rings (SSSR count). The zero-order valence-electron chi connectivity index (χ0n) is 26.6. The molecule has 4 fully saturated rings. The molecular formula is C34H60O5. The molecule has 10 atom stereocenters. The van der Waals surface area contributed by atoms with Gasteiger partial charge in [0.1, 0.15) is 6.10 Å². The Kier molecular flexibility index (Phi) is 8.23. The average molecular weight is 549 g/mol. The van der Waals surface area contributed by atoms with E-state index in [0.717, 1.165) is 57.8 Å². The number of rotatable bonds is 8. The molecule has 0 spiro atoms. The molecule has 0 aliphatic heterocycles. The van der Waals surface area contributed by atoms with Crippen molar-refractivity contribution < 1.29 is 24.9 Å². The minimum Gasteiger partial charge on any atom is -0.462 e. The smallest absolute Gasteiger partial charge is 0.306 e. The Morgan fingerprint density at radius 2 is 1.54 bits per heavy atom. The van der Waals surface area contributed by atoms with Gasteiger partial charge in [-0.1, -0.05) is 41.5 Å². The second-order valence-corrected chi connectivity index (χ2v) is 16.6. The zero-order chi connectivity index (χ0) is 29.2. The molecule has 0 bridgehead atoms. The molecular weight excluding hydrogens is 488 g/mol. The maximum absolute atomic E-state index is 12.5. The first-order valence-corrected chi connectivity index (χ1v) is 16.2. The predicted molar refractivity (Wildman–Crippen MR) is 156 cm³/mol. The lowest BCUT2D eigenvalue weighted by Crippen LogP contribution is -2.66. The summed E-state index contributed by atoms with van der Waals surface area (Å²) in [6, 6.07) is 0. The minimum atomic E-state index is -0.846. The van der Waals surface area contributed by atoms with Gasteiger partial charge in [0.25, 0.3) is 0 Å². The van der Waals surface area contributed by atoms with Crippen molar-refractivity contribution in [3.8, 4) is 0 Å². The normalized spacial score (nSPS) is 45.0. The highest BCUT2D eigenvalue weighted by molar-refractivity contribution is 5.69. The van der Waals surface area contributed by atoms with Gasteiger partial charge in [-0.3, -0.25) is 4.79 Å². The zero-order valence-corrected chi connectivity index (χ0v) is 26.6. The van der Waals surface area contributed by atoms with Crippen molar-refractivity contribution in [2.45, 2.75) is 163 Å². The summed E-state index contributed by atoms with van der Waals surface area (Å²) in [5.74, 6) is 0.967. The number of aliphatic hydroxyl groups excluding tert-OH is 1. The van der Waals surface area contributed by atoms with E-state index in [1.54, 1.807) is 0 Å². The van der Waals surface area contributed by atoms with Gasteiger partial charge in [-0.2, -0.15) is 0 Å². The van der Waals surface area contributed by atoms with Gasteiger partial charge in [0.15, 0.2) is 0 Å². The number of hydrogen-bond donors (Lipinski definition) is 3. The molecule has 226 valence electrons. The first kappa shape index (κ1) is 31.3. The van der Waals surface area contributed by atoms with Crippen molar-refractivity contribution in [1.29, 1.82) is 0 Å². The number of ether oxygens (including phenoxy) is 1. The van der Waals surface area contributed by atoms with Crippen LogP contribution in [0.1, 0.15) is 139 Å². The van der Waals surface area contributed by atoms with Gasteiger partial charge in [0.2, 0.25) is 0 Å². The number of esters is 1. The fraction of sp³-hybridized carbons (Fsp3) is 0.971. The van der Waals surface area contributed by atoms with Gasteiger partial charge in [-0.15, -0.1) is 0 Å². The third kappa shape index (κ3) is 5.13. The molecule has 0 amide bonds. The van der Waals surface area contributed by atoms with Gasteiger partial charge in [-0.05, 0) is 131 Å². The molecule has 5 nitrogen and oxygen atoms in total. The second kappa shape index (κ2) is 10.3. The molecule has 39 heavy (non-hydrogen) atoms. The van der Waals surface area contributed by atoms with Crippen LogP contribution in [0.4, 0.5) is 0 Å². The topological polar surface area (TPSA) is 87.0 Å². The molecule has 4 saturated carbocycles. The average Bonchev–Trinajstić information content (AvgIpc) is 3.17. The predicted octanol–water partition coefficient (Wildman–Crippen LogP) is 7.05. The Bertz CT molecular complexity index is 904. The number of carbonyl (C=O) groups excluding carboxylic acids is 1. The van der Waals surface area contributed by atoms with Crippen molar-refractivity contribution >= 4 is 5.97 Å². The lowest BCUT2D eigenvalue weighted by molar-refractivity contribution is -0.249. The summed E-state index contributed by atoms with van der Waals surface area (Å²) < 4.78 is 6.09. The van der Waals surface area contributed by atoms with Crippen LogP contribution in [0.25, 0.3) is 0 Å². The van der Waals surface area contributed by atoms with Gasteiger partial charge in [0, 0.05) is 11.8 Å². The second-order valence-electron chi connectivity index (χ2n) is 16.6. The number of fused-ring (bicyclic) bond motifs is 5. The fourth-order valence-corrected chi connectivity index (χ4v) is 11.1. The van der Waals surface area contributed by atoms with Crippen LogP contribution in [0.5, 0.6) is 0 Å². The first-order valence-electron chi connectivity index (χ1n) is 16.2. The number of hydrogen-bond acceptors (Lipinski definition) is 5. The van der Waals surface area contributed by atoms with Crippen LogP contribution in [0.3, 0.4) is 0 Å². The largest absolute Gasteiger partial charge is 0.462 e. The first-order chi connectivity index (χ1) is 17.8. The van der Waals surface area contributed by atoms with E-state index in [9.17, 15) is 20.1 Å². The molecule has 5 heteroatoms. The van der Waals surface area contributed by atoms with Crippen LogP contribution in [-0.2, 0) is 9.53 Å². The van der Waals surface area contributed by atoms with Gasteiger partial charge >= 0.3 is 5.97 Å². The van der Waals surface area contributed by atoms with Crippen LogP contribution >= 0.6 is 0 Å². The highest BCUT2D eigenvalue weighted by Crippen LogP contribution is 2.76. The van der Waals surface area contributed by atoms with Crippen LogP contribution in [-0.4, -0.2) is 44.7 Å². The van der Waals surface area contributed by atoms with E-state index in [0.29, 0.717) is 31.1 Å². The van der Waals surface area contributed by atoms with Gasteiger partial charge in [-0.25, -0.2) is 0 Å². The molecule has 0 unspecified atom stereocenters.